The highest BCUT2D eigenvalue weighted by molar-refractivity contribution is 5.66. The third-order valence-electron chi connectivity index (χ3n) is 4.49. The Morgan fingerprint density at radius 2 is 2.12 bits per heavy atom. The smallest absolute Gasteiger partial charge is 0.223 e. The molecule has 1 saturated heterocycles. The van der Waals surface area contributed by atoms with Gasteiger partial charge in [0.1, 0.15) is 11.6 Å². The zero-order valence-corrected chi connectivity index (χ0v) is 14.0. The highest BCUT2D eigenvalue weighted by Gasteiger charge is 2.19. The number of nitrogens with zero attached hydrogens (tertiary/aromatic N) is 3. The summed E-state index contributed by atoms with van der Waals surface area (Å²) < 4.78 is 27.0. The highest BCUT2D eigenvalue weighted by Crippen LogP contribution is 2.26. The second-order valence-corrected chi connectivity index (χ2v) is 6.19. The molecule has 1 N–H and O–H groups in total. The van der Waals surface area contributed by atoms with Gasteiger partial charge in [0.15, 0.2) is 0 Å². The van der Waals surface area contributed by atoms with Crippen LogP contribution in [0.4, 0.5) is 14.7 Å². The molecule has 2 aromatic rings. The topological polar surface area (TPSA) is 41.0 Å². The van der Waals surface area contributed by atoms with Crippen molar-refractivity contribution in [1.82, 2.24) is 14.9 Å². The van der Waals surface area contributed by atoms with Crippen LogP contribution in [0.1, 0.15) is 25.5 Å². The number of aryl methyl sites for hydroxylation is 1. The summed E-state index contributed by atoms with van der Waals surface area (Å²) in [5.41, 5.74) is 1.56. The van der Waals surface area contributed by atoms with Gasteiger partial charge in [0.2, 0.25) is 5.95 Å². The van der Waals surface area contributed by atoms with Crippen LogP contribution in [-0.4, -0.2) is 40.5 Å². The summed E-state index contributed by atoms with van der Waals surface area (Å²) in [7, 11) is 0. The number of nitrogens with one attached hydrogen (secondary N) is 1. The molecule has 128 valence electrons. The van der Waals surface area contributed by atoms with E-state index in [1.807, 2.05) is 6.92 Å². The van der Waals surface area contributed by atoms with Gasteiger partial charge >= 0.3 is 0 Å². The van der Waals surface area contributed by atoms with Crippen LogP contribution in [0, 0.1) is 18.6 Å². The molecule has 0 bridgehead atoms. The Labute approximate surface area is 140 Å². The molecule has 1 unspecified atom stereocenters. The van der Waals surface area contributed by atoms with E-state index in [0.717, 1.165) is 38.5 Å². The van der Waals surface area contributed by atoms with Crippen molar-refractivity contribution < 1.29 is 8.78 Å². The summed E-state index contributed by atoms with van der Waals surface area (Å²) in [6, 6.07) is 3.86. The molecular formula is C18H22F2N4. The van der Waals surface area contributed by atoms with E-state index in [1.165, 1.54) is 12.1 Å². The SMILES string of the molecule is CCN1CCCC(Nc2ncc(-c3ccc(F)cc3F)c(C)n2)C1. The lowest BCUT2D eigenvalue weighted by Gasteiger charge is -2.32. The molecule has 24 heavy (non-hydrogen) atoms. The van der Waals surface area contributed by atoms with E-state index in [1.54, 1.807) is 6.20 Å². The first-order valence-electron chi connectivity index (χ1n) is 8.34. The van der Waals surface area contributed by atoms with E-state index in [2.05, 4.69) is 27.1 Å². The van der Waals surface area contributed by atoms with Gasteiger partial charge in [-0.1, -0.05) is 6.92 Å². The number of hydrogen-bond acceptors (Lipinski definition) is 4. The number of hydrogen-bond donors (Lipinski definition) is 1. The summed E-state index contributed by atoms with van der Waals surface area (Å²) in [5.74, 6) is -0.638. The van der Waals surface area contributed by atoms with Crippen molar-refractivity contribution in [3.05, 3.63) is 41.7 Å². The number of halogens is 2. The van der Waals surface area contributed by atoms with Crippen molar-refractivity contribution in [1.29, 1.82) is 0 Å². The Kier molecular flexibility index (Phi) is 5.04. The van der Waals surface area contributed by atoms with Gasteiger partial charge in [-0.25, -0.2) is 18.7 Å². The molecule has 1 aliphatic heterocycles. The van der Waals surface area contributed by atoms with Gasteiger partial charge < -0.3 is 10.2 Å². The number of piperidine rings is 1. The zero-order chi connectivity index (χ0) is 17.1. The van der Waals surface area contributed by atoms with Gasteiger partial charge in [0, 0.05) is 36.0 Å². The monoisotopic (exact) mass is 332 g/mol. The molecule has 6 heteroatoms. The largest absolute Gasteiger partial charge is 0.350 e. The summed E-state index contributed by atoms with van der Waals surface area (Å²) >= 11 is 0. The Bertz CT molecular complexity index is 720. The molecule has 0 aliphatic carbocycles. The molecule has 0 saturated carbocycles. The summed E-state index contributed by atoms with van der Waals surface area (Å²) in [5, 5.41) is 3.37. The van der Waals surface area contributed by atoms with Crippen LogP contribution in [0.2, 0.25) is 0 Å². The molecule has 0 amide bonds. The fourth-order valence-corrected chi connectivity index (χ4v) is 3.15. The average molecular weight is 332 g/mol. The number of benzene rings is 1. The Hall–Kier alpha value is -2.08. The van der Waals surface area contributed by atoms with Gasteiger partial charge in [-0.2, -0.15) is 0 Å². The Morgan fingerprint density at radius 3 is 2.83 bits per heavy atom. The van der Waals surface area contributed by atoms with Crippen LogP contribution in [0.15, 0.2) is 24.4 Å². The molecule has 4 nitrogen and oxygen atoms in total. The molecule has 1 aromatic heterocycles. The van der Waals surface area contributed by atoms with E-state index >= 15 is 0 Å². The van der Waals surface area contributed by atoms with E-state index in [-0.39, 0.29) is 0 Å². The third-order valence-corrected chi connectivity index (χ3v) is 4.49. The first kappa shape index (κ1) is 16.8. The minimum Gasteiger partial charge on any atom is -0.350 e. The van der Waals surface area contributed by atoms with Crippen molar-refractivity contribution in [3.8, 4) is 11.1 Å². The van der Waals surface area contributed by atoms with Gasteiger partial charge in [0.25, 0.3) is 0 Å². The van der Waals surface area contributed by atoms with E-state index in [9.17, 15) is 8.78 Å². The van der Waals surface area contributed by atoms with Crippen LogP contribution in [0.25, 0.3) is 11.1 Å². The summed E-state index contributed by atoms with van der Waals surface area (Å²) in [6.07, 6.45) is 3.85. The van der Waals surface area contributed by atoms with Gasteiger partial charge in [-0.05, 0) is 45.0 Å². The molecule has 0 spiro atoms. The molecule has 2 heterocycles. The maximum absolute atomic E-state index is 14.0. The molecule has 0 radical (unpaired) electrons. The lowest BCUT2D eigenvalue weighted by Crippen LogP contribution is -2.42. The van der Waals surface area contributed by atoms with E-state index in [4.69, 9.17) is 0 Å². The van der Waals surface area contributed by atoms with Gasteiger partial charge in [-0.15, -0.1) is 0 Å². The van der Waals surface area contributed by atoms with Crippen molar-refractivity contribution in [2.24, 2.45) is 0 Å². The predicted molar refractivity (Wildman–Crippen MR) is 90.9 cm³/mol. The van der Waals surface area contributed by atoms with Crippen molar-refractivity contribution in [3.63, 3.8) is 0 Å². The quantitative estimate of drug-likeness (QED) is 0.928. The normalized spacial score (nSPS) is 18.6. The Morgan fingerprint density at radius 1 is 1.29 bits per heavy atom. The molecular weight excluding hydrogens is 310 g/mol. The molecule has 1 fully saturated rings. The fourth-order valence-electron chi connectivity index (χ4n) is 3.15. The molecule has 3 rings (SSSR count). The van der Waals surface area contributed by atoms with Crippen LogP contribution >= 0.6 is 0 Å². The maximum Gasteiger partial charge on any atom is 0.223 e. The number of rotatable bonds is 4. The summed E-state index contributed by atoms with van der Waals surface area (Å²) in [4.78, 5) is 11.2. The molecule has 1 atom stereocenters. The predicted octanol–water partition coefficient (Wildman–Crippen LogP) is 3.63. The van der Waals surface area contributed by atoms with Crippen LogP contribution in [-0.2, 0) is 0 Å². The van der Waals surface area contributed by atoms with Crippen molar-refractivity contribution >= 4 is 5.95 Å². The second kappa shape index (κ2) is 7.21. The fraction of sp³-hybridized carbons (Fsp3) is 0.444. The zero-order valence-electron chi connectivity index (χ0n) is 14.0. The first-order chi connectivity index (χ1) is 11.6. The standard InChI is InChI=1S/C18H22F2N4/c1-3-24-8-4-5-14(11-24)23-18-21-10-16(12(2)22-18)15-7-6-13(19)9-17(15)20/h6-7,9-10,14H,3-5,8,11H2,1-2H3,(H,21,22,23). The first-order valence-corrected chi connectivity index (χ1v) is 8.34. The average Bonchev–Trinajstić information content (AvgIpc) is 2.56. The maximum atomic E-state index is 14.0. The summed E-state index contributed by atoms with van der Waals surface area (Å²) in [6.45, 7) is 7.13. The highest BCUT2D eigenvalue weighted by atomic mass is 19.1. The van der Waals surface area contributed by atoms with Crippen LogP contribution in [0.3, 0.4) is 0 Å². The third kappa shape index (κ3) is 3.70. The molecule has 1 aromatic carbocycles. The lowest BCUT2D eigenvalue weighted by molar-refractivity contribution is 0.226. The van der Waals surface area contributed by atoms with Gasteiger partial charge in [-0.3, -0.25) is 0 Å². The van der Waals surface area contributed by atoms with E-state index in [0.29, 0.717) is 28.8 Å². The lowest BCUT2D eigenvalue weighted by atomic mass is 10.1. The Balaban J connectivity index is 1.77. The van der Waals surface area contributed by atoms with E-state index < -0.39 is 11.6 Å². The van der Waals surface area contributed by atoms with Crippen LogP contribution in [0.5, 0.6) is 0 Å². The number of anilines is 1. The van der Waals surface area contributed by atoms with Crippen molar-refractivity contribution in [2.45, 2.75) is 32.7 Å². The molecule has 1 aliphatic rings. The van der Waals surface area contributed by atoms with Crippen LogP contribution < -0.4 is 5.32 Å². The van der Waals surface area contributed by atoms with Crippen molar-refractivity contribution in [2.75, 3.05) is 25.0 Å². The number of likely N-dealkylation sites (N-methyl/N-ethyl adjacent to an activating group) is 1. The van der Waals surface area contributed by atoms with Gasteiger partial charge in [0.05, 0.1) is 5.69 Å². The second-order valence-electron chi connectivity index (χ2n) is 6.19. The minimum atomic E-state index is -0.603. The minimum absolute atomic E-state index is 0.315. The number of likely N-dealkylation sites (tertiary alicyclic amines) is 1. The number of aromatic nitrogens is 2.